The van der Waals surface area contributed by atoms with E-state index in [2.05, 4.69) is 20.6 Å². The van der Waals surface area contributed by atoms with Gasteiger partial charge in [0.2, 0.25) is 0 Å². The van der Waals surface area contributed by atoms with Crippen molar-refractivity contribution >= 4 is 34.7 Å². The Balaban J connectivity index is 1.39. The van der Waals surface area contributed by atoms with Crippen LogP contribution in [-0.2, 0) is 11.3 Å². The van der Waals surface area contributed by atoms with Gasteiger partial charge in [-0.3, -0.25) is 9.36 Å². The van der Waals surface area contributed by atoms with E-state index in [1.165, 1.54) is 7.11 Å². The highest BCUT2D eigenvalue weighted by molar-refractivity contribution is 5.94. The predicted octanol–water partition coefficient (Wildman–Crippen LogP) is 2.39. The van der Waals surface area contributed by atoms with Crippen LogP contribution in [0.4, 0.5) is 16.3 Å². The Morgan fingerprint density at radius 3 is 2.70 bits per heavy atom. The number of carbonyl (C=O) groups is 2. The lowest BCUT2D eigenvalue weighted by molar-refractivity contribution is 0.0600. The van der Waals surface area contributed by atoms with E-state index < -0.39 is 5.97 Å². The summed E-state index contributed by atoms with van der Waals surface area (Å²) in [5, 5.41) is 5.71. The summed E-state index contributed by atoms with van der Waals surface area (Å²) < 4.78 is 6.34. The normalized spacial score (nSPS) is 14.2. The smallest absolute Gasteiger partial charge is 0.337 e. The highest BCUT2D eigenvalue weighted by Gasteiger charge is 2.24. The first-order valence-electron chi connectivity index (χ1n) is 10.9. The molecule has 10 nitrogen and oxygen atoms in total. The maximum Gasteiger partial charge on any atom is 0.337 e. The third-order valence-electron chi connectivity index (χ3n) is 5.67. The first-order chi connectivity index (χ1) is 16.0. The number of nitrogens with zero attached hydrogens (tertiary/aromatic N) is 4. The first-order valence-corrected chi connectivity index (χ1v) is 10.9. The molecule has 1 aliphatic rings. The van der Waals surface area contributed by atoms with Crippen molar-refractivity contribution in [2.75, 3.05) is 30.4 Å². The Morgan fingerprint density at radius 2 is 1.97 bits per heavy atom. The molecular weight excluding hydrogens is 424 g/mol. The second-order valence-corrected chi connectivity index (χ2v) is 7.76. The number of hydrogen-bond donors (Lipinski definition) is 2. The lowest BCUT2D eigenvalue weighted by Crippen LogP contribution is -2.47. The Labute approximate surface area is 190 Å². The molecule has 2 aromatic heterocycles. The fraction of sp³-hybridized carbons (Fsp3) is 0.348. The van der Waals surface area contributed by atoms with Crippen LogP contribution < -0.4 is 21.1 Å². The van der Waals surface area contributed by atoms with Gasteiger partial charge >= 0.3 is 12.0 Å². The van der Waals surface area contributed by atoms with Crippen LogP contribution in [0.3, 0.4) is 0 Å². The monoisotopic (exact) mass is 450 g/mol. The van der Waals surface area contributed by atoms with Gasteiger partial charge in [0.05, 0.1) is 12.7 Å². The number of benzene rings is 1. The Hall–Kier alpha value is -3.95. The summed E-state index contributed by atoms with van der Waals surface area (Å²) in [6, 6.07) is 9.83. The SMILES string of the molecule is CCn1c(=O)c(N2CCC(NC(=O)Nc3cccc(C(=O)OC)c3)CC2)nc2cccnc21. The fourth-order valence-electron chi connectivity index (χ4n) is 3.99. The van der Waals surface area contributed by atoms with Gasteiger partial charge in [0.15, 0.2) is 11.5 Å². The molecule has 0 atom stereocenters. The summed E-state index contributed by atoms with van der Waals surface area (Å²) in [5.41, 5.74) is 1.97. The van der Waals surface area contributed by atoms with Crippen LogP contribution in [0.5, 0.6) is 0 Å². The van der Waals surface area contributed by atoms with Gasteiger partial charge in [-0.05, 0) is 50.1 Å². The molecule has 0 spiro atoms. The van der Waals surface area contributed by atoms with E-state index in [9.17, 15) is 14.4 Å². The number of methoxy groups -OCH3 is 1. The van der Waals surface area contributed by atoms with Crippen LogP contribution in [-0.4, -0.2) is 52.8 Å². The van der Waals surface area contributed by atoms with Crippen molar-refractivity contribution in [1.29, 1.82) is 0 Å². The summed E-state index contributed by atoms with van der Waals surface area (Å²) >= 11 is 0. The van der Waals surface area contributed by atoms with Gasteiger partial charge in [-0.15, -0.1) is 0 Å². The maximum atomic E-state index is 13.0. The Kier molecular flexibility index (Phi) is 6.53. The number of nitrogens with one attached hydrogen (secondary N) is 2. The molecule has 2 amide bonds. The standard InChI is InChI=1S/C23H26N6O4/c1-3-29-19-18(8-5-11-24-19)27-20(21(29)30)28-12-9-16(10-13-28)25-23(32)26-17-7-4-6-15(14-17)22(31)33-2/h4-8,11,14,16H,3,9-10,12-13H2,1-2H3,(H2,25,26,32). The van der Waals surface area contributed by atoms with Gasteiger partial charge in [-0.1, -0.05) is 6.07 Å². The zero-order valence-electron chi connectivity index (χ0n) is 18.6. The molecule has 0 radical (unpaired) electrons. The largest absolute Gasteiger partial charge is 0.465 e. The molecule has 0 unspecified atom stereocenters. The second kappa shape index (κ2) is 9.68. The number of esters is 1. The fourth-order valence-corrected chi connectivity index (χ4v) is 3.99. The molecule has 0 bridgehead atoms. The van der Waals surface area contributed by atoms with Crippen LogP contribution in [0.2, 0.25) is 0 Å². The molecule has 33 heavy (non-hydrogen) atoms. The number of urea groups is 1. The van der Waals surface area contributed by atoms with Gasteiger partial charge in [0.1, 0.15) is 5.52 Å². The molecular formula is C23H26N6O4. The predicted molar refractivity (Wildman–Crippen MR) is 125 cm³/mol. The second-order valence-electron chi connectivity index (χ2n) is 7.76. The van der Waals surface area contributed by atoms with Crippen molar-refractivity contribution in [3.63, 3.8) is 0 Å². The third-order valence-corrected chi connectivity index (χ3v) is 5.67. The first kappa shape index (κ1) is 22.3. The summed E-state index contributed by atoms with van der Waals surface area (Å²) in [6.45, 7) is 3.62. The molecule has 0 aliphatic carbocycles. The molecule has 1 aliphatic heterocycles. The number of rotatable bonds is 5. The third kappa shape index (κ3) is 4.79. The van der Waals surface area contributed by atoms with E-state index in [1.807, 2.05) is 17.9 Å². The van der Waals surface area contributed by atoms with Gasteiger partial charge in [0, 0.05) is 37.6 Å². The maximum absolute atomic E-state index is 13.0. The highest BCUT2D eigenvalue weighted by Crippen LogP contribution is 2.18. The molecule has 1 saturated heterocycles. The number of aryl methyl sites for hydroxylation is 1. The molecule has 2 N–H and O–H groups in total. The van der Waals surface area contributed by atoms with E-state index in [-0.39, 0.29) is 17.6 Å². The average molecular weight is 450 g/mol. The molecule has 3 heterocycles. The molecule has 1 aromatic carbocycles. The van der Waals surface area contributed by atoms with E-state index in [4.69, 9.17) is 4.74 Å². The lowest BCUT2D eigenvalue weighted by Gasteiger charge is -2.33. The van der Waals surface area contributed by atoms with Crippen molar-refractivity contribution in [3.8, 4) is 0 Å². The van der Waals surface area contributed by atoms with E-state index in [0.717, 1.165) is 0 Å². The Bertz CT molecular complexity index is 1230. The minimum absolute atomic E-state index is 0.0411. The topological polar surface area (TPSA) is 118 Å². The zero-order valence-corrected chi connectivity index (χ0v) is 18.6. The lowest BCUT2D eigenvalue weighted by atomic mass is 10.1. The van der Waals surface area contributed by atoms with Crippen LogP contribution >= 0.6 is 0 Å². The van der Waals surface area contributed by atoms with Crippen molar-refractivity contribution in [2.24, 2.45) is 0 Å². The summed E-state index contributed by atoms with van der Waals surface area (Å²) in [6.07, 6.45) is 3.01. The number of pyridine rings is 1. The van der Waals surface area contributed by atoms with Gasteiger partial charge < -0.3 is 20.3 Å². The molecule has 3 aromatic rings. The van der Waals surface area contributed by atoms with Crippen molar-refractivity contribution in [1.82, 2.24) is 19.9 Å². The summed E-state index contributed by atoms with van der Waals surface area (Å²) in [4.78, 5) is 47.9. The van der Waals surface area contributed by atoms with E-state index in [0.29, 0.717) is 60.7 Å². The number of carbonyl (C=O) groups excluding carboxylic acids is 2. The highest BCUT2D eigenvalue weighted by atomic mass is 16.5. The summed E-state index contributed by atoms with van der Waals surface area (Å²) in [5.74, 6) is -0.0495. The number of aromatic nitrogens is 3. The van der Waals surface area contributed by atoms with Crippen LogP contribution in [0.15, 0.2) is 47.4 Å². The van der Waals surface area contributed by atoms with Gasteiger partial charge in [-0.2, -0.15) is 0 Å². The molecule has 1 fully saturated rings. The minimum atomic E-state index is -0.466. The Morgan fingerprint density at radius 1 is 1.18 bits per heavy atom. The molecule has 172 valence electrons. The molecule has 10 heteroatoms. The summed E-state index contributed by atoms with van der Waals surface area (Å²) in [7, 11) is 1.31. The number of anilines is 2. The van der Waals surface area contributed by atoms with Crippen molar-refractivity contribution in [2.45, 2.75) is 32.4 Å². The van der Waals surface area contributed by atoms with Gasteiger partial charge in [-0.25, -0.2) is 19.6 Å². The number of ether oxygens (including phenoxy) is 1. The van der Waals surface area contributed by atoms with Gasteiger partial charge in [0.25, 0.3) is 5.56 Å². The number of hydrogen-bond acceptors (Lipinski definition) is 7. The number of amides is 2. The average Bonchev–Trinajstić information content (AvgIpc) is 2.84. The van der Waals surface area contributed by atoms with Crippen molar-refractivity contribution in [3.05, 3.63) is 58.5 Å². The van der Waals surface area contributed by atoms with E-state index >= 15 is 0 Å². The molecule has 4 rings (SSSR count). The van der Waals surface area contributed by atoms with Crippen molar-refractivity contribution < 1.29 is 14.3 Å². The number of fused-ring (bicyclic) bond motifs is 1. The minimum Gasteiger partial charge on any atom is -0.465 e. The van der Waals surface area contributed by atoms with Crippen LogP contribution in [0.1, 0.15) is 30.1 Å². The van der Waals surface area contributed by atoms with Crippen LogP contribution in [0, 0.1) is 0 Å². The number of piperidine rings is 1. The molecule has 0 saturated carbocycles. The van der Waals surface area contributed by atoms with Crippen LogP contribution in [0.25, 0.3) is 11.2 Å². The van der Waals surface area contributed by atoms with E-state index in [1.54, 1.807) is 41.1 Å². The quantitative estimate of drug-likeness (QED) is 0.573. The zero-order chi connectivity index (χ0) is 23.4.